The molecule has 0 radical (unpaired) electrons. The summed E-state index contributed by atoms with van der Waals surface area (Å²) in [6.45, 7) is 8.61. The number of nitrogens with two attached hydrogens (primary N) is 1. The van der Waals surface area contributed by atoms with Crippen LogP contribution in [-0.2, 0) is 32.6 Å². The lowest BCUT2D eigenvalue weighted by molar-refractivity contribution is -0.186. The molecule has 0 amide bonds. The van der Waals surface area contributed by atoms with Gasteiger partial charge in [0, 0.05) is 6.61 Å². The molecule has 306 valence electrons. The number of para-hydroxylation sites is 1. The molecular weight excluding hydrogens is 743 g/mol. The van der Waals surface area contributed by atoms with E-state index in [0.29, 0.717) is 17.9 Å². The number of anilines is 1. The summed E-state index contributed by atoms with van der Waals surface area (Å²) in [4.78, 5) is 4.10. The number of ether oxygens (including phenoxy) is 4. The van der Waals surface area contributed by atoms with Crippen molar-refractivity contribution in [2.24, 2.45) is 0 Å². The van der Waals surface area contributed by atoms with E-state index in [-0.39, 0.29) is 24.0 Å². The summed E-state index contributed by atoms with van der Waals surface area (Å²) in [5, 5.41) is 4.67. The number of rotatable bonds is 26. The summed E-state index contributed by atoms with van der Waals surface area (Å²) in [6, 6.07) is 10.5. The highest BCUT2D eigenvalue weighted by atomic mass is 35.5. The number of nitrogens with zero attached hydrogens (tertiary/aromatic N) is 3. The van der Waals surface area contributed by atoms with Gasteiger partial charge in [-0.3, -0.25) is 9.05 Å². The van der Waals surface area contributed by atoms with Crippen molar-refractivity contribution in [2.45, 2.75) is 166 Å². The lowest BCUT2D eigenvalue weighted by Gasteiger charge is -2.26. The Morgan fingerprint density at radius 2 is 1.47 bits per heavy atom. The molecule has 1 unspecified atom stereocenters. The monoisotopic (exact) mass is 804 g/mol. The lowest BCUT2D eigenvalue weighted by Crippen LogP contribution is -2.33. The van der Waals surface area contributed by atoms with Crippen LogP contribution >= 0.6 is 19.4 Å². The van der Waals surface area contributed by atoms with E-state index in [1.165, 1.54) is 96.2 Å². The van der Waals surface area contributed by atoms with Crippen molar-refractivity contribution in [3.8, 4) is 5.75 Å². The van der Waals surface area contributed by atoms with Gasteiger partial charge in [0.05, 0.1) is 23.9 Å². The first-order valence-corrected chi connectivity index (χ1v) is 22.5. The molecule has 3 aliphatic rings. The van der Waals surface area contributed by atoms with Crippen LogP contribution in [0.3, 0.4) is 0 Å². The van der Waals surface area contributed by atoms with Gasteiger partial charge in [0.2, 0.25) is 0 Å². The van der Waals surface area contributed by atoms with Crippen molar-refractivity contribution < 1.29 is 37.1 Å². The molecule has 2 aliphatic heterocycles. The fraction of sp³-hybridized carbons (Fsp3) is 0.707. The van der Waals surface area contributed by atoms with Crippen LogP contribution in [0.4, 0.5) is 5.82 Å². The molecular formula is C41H62ClN4O8P. The van der Waals surface area contributed by atoms with E-state index in [1.807, 2.05) is 32.9 Å². The lowest BCUT2D eigenvalue weighted by atomic mass is 10.0. The van der Waals surface area contributed by atoms with Gasteiger partial charge in [0.1, 0.15) is 41.5 Å². The van der Waals surface area contributed by atoms with Gasteiger partial charge in [-0.25, -0.2) is 14.1 Å². The van der Waals surface area contributed by atoms with E-state index in [1.54, 1.807) is 28.8 Å². The Kier molecular flexibility index (Phi) is 14.6. The van der Waals surface area contributed by atoms with Gasteiger partial charge in [-0.2, -0.15) is 5.10 Å². The highest BCUT2D eigenvalue weighted by Crippen LogP contribution is 2.74. The smallest absolute Gasteiger partial charge is 0.402 e. The Morgan fingerprint density at radius 1 is 0.836 bits per heavy atom. The third-order valence-corrected chi connectivity index (χ3v) is 12.9. The normalized spacial score (nSPS) is 26.2. The highest BCUT2D eigenvalue weighted by Gasteiger charge is 2.92. The second kappa shape index (κ2) is 19.0. The molecule has 55 heavy (non-hydrogen) atoms. The number of hydrogen-bond acceptors (Lipinski definition) is 11. The Balaban J connectivity index is 0.949. The van der Waals surface area contributed by atoms with E-state index in [9.17, 15) is 4.57 Å². The van der Waals surface area contributed by atoms with E-state index in [0.717, 1.165) is 18.5 Å². The van der Waals surface area contributed by atoms with Crippen LogP contribution in [0.5, 0.6) is 5.75 Å². The molecule has 6 atom stereocenters. The van der Waals surface area contributed by atoms with Crippen LogP contribution < -0.4 is 10.3 Å². The second-order valence-electron chi connectivity index (χ2n) is 15.9. The predicted octanol–water partition coefficient (Wildman–Crippen LogP) is 10.6. The van der Waals surface area contributed by atoms with Crippen molar-refractivity contribution in [3.63, 3.8) is 0 Å². The molecule has 12 nitrogen and oxygen atoms in total. The number of benzene rings is 1. The molecule has 2 aromatic heterocycles. The largest absolute Gasteiger partial charge is 0.530 e. The Labute approximate surface area is 332 Å². The fourth-order valence-corrected chi connectivity index (χ4v) is 9.97. The molecule has 1 aromatic carbocycles. The minimum atomic E-state index is -4.30. The second-order valence-corrected chi connectivity index (χ2v) is 17.8. The van der Waals surface area contributed by atoms with Crippen molar-refractivity contribution >= 4 is 30.8 Å². The van der Waals surface area contributed by atoms with Gasteiger partial charge >= 0.3 is 7.82 Å². The van der Waals surface area contributed by atoms with Gasteiger partial charge < -0.3 is 29.2 Å². The van der Waals surface area contributed by atoms with Gasteiger partial charge in [0.15, 0.2) is 17.2 Å². The molecule has 1 spiro atoms. The molecule has 1 aliphatic carbocycles. The molecule has 3 fully saturated rings. The predicted molar refractivity (Wildman–Crippen MR) is 213 cm³/mol. The average molecular weight is 805 g/mol. The Morgan fingerprint density at radius 3 is 2.13 bits per heavy atom. The SMILES string of the molecule is CCCCCCCCCCCCCCCCCCOCCOP(=O)(Oc1ccccc1Cl)O[C@H]1[C@]23OC(C)(C)O[C@H]2[C@H](c2ccc4c(N)ncnn24)O[C@]13C. The maximum atomic E-state index is 14.5. The fourth-order valence-electron chi connectivity index (χ4n) is 8.27. The van der Waals surface area contributed by atoms with Gasteiger partial charge in [-0.05, 0) is 51.5 Å². The van der Waals surface area contributed by atoms with Crippen LogP contribution in [0, 0.1) is 0 Å². The van der Waals surface area contributed by atoms with E-state index >= 15 is 0 Å². The van der Waals surface area contributed by atoms with Crippen molar-refractivity contribution in [2.75, 3.05) is 25.6 Å². The maximum absolute atomic E-state index is 14.5. The highest BCUT2D eigenvalue weighted by molar-refractivity contribution is 7.49. The topological polar surface area (TPSA) is 138 Å². The quantitative estimate of drug-likeness (QED) is 0.0613. The summed E-state index contributed by atoms with van der Waals surface area (Å²) in [5.41, 5.74) is 5.29. The van der Waals surface area contributed by atoms with Crippen LogP contribution in [0.1, 0.15) is 142 Å². The number of aromatic nitrogens is 3. The number of fused-ring (bicyclic) bond motifs is 1. The molecule has 4 heterocycles. The number of nitrogen functional groups attached to an aromatic ring is 1. The minimum Gasteiger partial charge on any atom is -0.402 e. The third kappa shape index (κ3) is 9.89. The van der Waals surface area contributed by atoms with E-state index in [2.05, 4.69) is 17.0 Å². The van der Waals surface area contributed by atoms with Crippen LogP contribution in [0.25, 0.3) is 5.52 Å². The van der Waals surface area contributed by atoms with Crippen molar-refractivity contribution in [3.05, 3.63) is 53.4 Å². The van der Waals surface area contributed by atoms with Gasteiger partial charge in [0.25, 0.3) is 0 Å². The van der Waals surface area contributed by atoms with Crippen molar-refractivity contribution in [1.82, 2.24) is 14.6 Å². The van der Waals surface area contributed by atoms with Crippen molar-refractivity contribution in [1.29, 1.82) is 0 Å². The van der Waals surface area contributed by atoms with E-state index in [4.69, 9.17) is 49.9 Å². The molecule has 2 saturated heterocycles. The van der Waals surface area contributed by atoms with Gasteiger partial charge in [-0.15, -0.1) is 0 Å². The molecule has 14 heteroatoms. The summed E-state index contributed by atoms with van der Waals surface area (Å²) in [5.74, 6) is -0.465. The third-order valence-electron chi connectivity index (χ3n) is 11.2. The summed E-state index contributed by atoms with van der Waals surface area (Å²) < 4.78 is 59.8. The summed E-state index contributed by atoms with van der Waals surface area (Å²) in [6.07, 6.45) is 20.4. The zero-order valence-corrected chi connectivity index (χ0v) is 34.9. The molecule has 0 bridgehead atoms. The Bertz CT molecular complexity index is 1730. The maximum Gasteiger partial charge on any atom is 0.530 e. The zero-order valence-electron chi connectivity index (χ0n) is 33.2. The molecule has 2 N–H and O–H groups in total. The minimum absolute atomic E-state index is 0.00987. The first-order valence-electron chi connectivity index (χ1n) is 20.6. The molecule has 1 saturated carbocycles. The van der Waals surface area contributed by atoms with Crippen LogP contribution in [0.15, 0.2) is 42.7 Å². The number of hydrogen-bond donors (Lipinski definition) is 1. The number of unbranched alkanes of at least 4 members (excludes halogenated alkanes) is 15. The first kappa shape index (κ1) is 42.3. The number of halogens is 1. The van der Waals surface area contributed by atoms with Crippen LogP contribution in [0.2, 0.25) is 5.02 Å². The van der Waals surface area contributed by atoms with E-state index < -0.39 is 43.1 Å². The molecule has 3 aromatic rings. The molecule has 6 rings (SSSR count). The number of phosphoric acid groups is 1. The summed E-state index contributed by atoms with van der Waals surface area (Å²) in [7, 11) is -4.30. The van der Waals surface area contributed by atoms with Gasteiger partial charge in [-0.1, -0.05) is 127 Å². The zero-order chi connectivity index (χ0) is 38.9. The standard InChI is InChI=1S/C41H62ClN4O8P/c1-5-6-7-8-9-10-11-12-13-14-15-16-17-18-19-22-27-48-28-29-49-55(47,52-34-24-21-20-23-31(34)42)53-38-40(4)41(38)36(51-39(2,3)54-41)35(50-40)32-25-26-33-37(43)44-30-45-46(32)33/h20-21,23-26,30,35-36,38H,5-19,22,27-29H2,1-4H3,(H2,43,44,45)/t35-,36-,38+,40+,41+,55?/m0/s1. The first-order chi connectivity index (χ1) is 26.5. The average Bonchev–Trinajstić information content (AvgIpc) is 3.54. The summed E-state index contributed by atoms with van der Waals surface area (Å²) >= 11 is 6.41. The van der Waals surface area contributed by atoms with Crippen LogP contribution in [-0.4, -0.2) is 63.6 Å². The number of phosphoric ester groups is 1. The Hall–Kier alpha value is -2.28.